The maximum absolute atomic E-state index is 12.2. The van der Waals surface area contributed by atoms with Gasteiger partial charge < -0.3 is 9.88 Å². The third kappa shape index (κ3) is 5.81. The first kappa shape index (κ1) is 20.4. The standard InChI is InChI=1S/C21H23N3O.C2H6/c1-16(2)21(24-13-12-22-15-24)18-8-10-19(11-9-18)23-20(25)14-17-6-4-3-5-7-17;1-2/h3-13,15-16,21H,14H2,1-2H3,(H,23,25);1-2H3. The van der Waals surface area contributed by atoms with Gasteiger partial charge in [-0.1, -0.05) is 70.2 Å². The summed E-state index contributed by atoms with van der Waals surface area (Å²) in [5, 5.41) is 2.96. The fourth-order valence-corrected chi connectivity index (χ4v) is 3.09. The van der Waals surface area contributed by atoms with E-state index in [1.54, 1.807) is 6.20 Å². The zero-order valence-electron chi connectivity index (χ0n) is 16.6. The van der Waals surface area contributed by atoms with Gasteiger partial charge >= 0.3 is 0 Å². The van der Waals surface area contributed by atoms with Crippen LogP contribution in [0.2, 0.25) is 0 Å². The van der Waals surface area contributed by atoms with Crippen LogP contribution in [0.4, 0.5) is 5.69 Å². The quantitative estimate of drug-likeness (QED) is 0.643. The molecule has 1 amide bonds. The minimum absolute atomic E-state index is 0.00558. The Morgan fingerprint density at radius 3 is 2.26 bits per heavy atom. The monoisotopic (exact) mass is 363 g/mol. The molecular weight excluding hydrogens is 334 g/mol. The van der Waals surface area contributed by atoms with Gasteiger partial charge in [0.15, 0.2) is 0 Å². The molecule has 0 spiro atoms. The van der Waals surface area contributed by atoms with Crippen molar-refractivity contribution in [3.05, 3.63) is 84.4 Å². The Kier molecular flexibility index (Phi) is 7.80. The second-order valence-electron chi connectivity index (χ2n) is 6.53. The molecule has 4 heteroatoms. The minimum Gasteiger partial charge on any atom is -0.330 e. The van der Waals surface area contributed by atoms with Crippen molar-refractivity contribution >= 4 is 11.6 Å². The SMILES string of the molecule is CC.CC(C)C(c1ccc(NC(=O)Cc2ccccc2)cc1)n1ccnc1. The molecule has 1 atom stereocenters. The van der Waals surface area contributed by atoms with E-state index >= 15 is 0 Å². The fourth-order valence-electron chi connectivity index (χ4n) is 3.09. The van der Waals surface area contributed by atoms with Crippen molar-refractivity contribution in [1.29, 1.82) is 0 Å². The highest BCUT2D eigenvalue weighted by Gasteiger charge is 2.17. The van der Waals surface area contributed by atoms with Crippen molar-refractivity contribution in [3.8, 4) is 0 Å². The second kappa shape index (κ2) is 10.3. The average Bonchev–Trinajstić information content (AvgIpc) is 3.19. The molecule has 4 nitrogen and oxygen atoms in total. The Hall–Kier alpha value is -2.88. The molecule has 0 aliphatic rings. The van der Waals surface area contributed by atoms with Gasteiger partial charge in [-0.25, -0.2) is 4.98 Å². The summed E-state index contributed by atoms with van der Waals surface area (Å²) in [6.45, 7) is 8.39. The molecular formula is C23H29N3O. The zero-order valence-corrected chi connectivity index (χ0v) is 16.6. The highest BCUT2D eigenvalue weighted by molar-refractivity contribution is 5.92. The van der Waals surface area contributed by atoms with Crippen LogP contribution in [0, 0.1) is 5.92 Å². The first-order valence-corrected chi connectivity index (χ1v) is 9.54. The number of amides is 1. The molecule has 0 saturated heterocycles. The number of anilines is 1. The fraction of sp³-hybridized carbons (Fsp3) is 0.304. The molecule has 0 aliphatic carbocycles. The Morgan fingerprint density at radius 2 is 1.70 bits per heavy atom. The van der Waals surface area contributed by atoms with Crippen LogP contribution in [0.1, 0.15) is 44.9 Å². The number of nitrogens with one attached hydrogen (secondary N) is 1. The first-order valence-electron chi connectivity index (χ1n) is 9.54. The van der Waals surface area contributed by atoms with Gasteiger partial charge in [-0.2, -0.15) is 0 Å². The van der Waals surface area contributed by atoms with E-state index in [4.69, 9.17) is 0 Å². The van der Waals surface area contributed by atoms with E-state index in [1.165, 1.54) is 5.56 Å². The molecule has 1 N–H and O–H groups in total. The lowest BCUT2D eigenvalue weighted by Gasteiger charge is -2.23. The van der Waals surface area contributed by atoms with Crippen molar-refractivity contribution in [3.63, 3.8) is 0 Å². The summed E-state index contributed by atoms with van der Waals surface area (Å²) >= 11 is 0. The number of rotatable bonds is 6. The van der Waals surface area contributed by atoms with E-state index in [0.717, 1.165) is 11.3 Å². The van der Waals surface area contributed by atoms with Gasteiger partial charge in [0.25, 0.3) is 0 Å². The van der Waals surface area contributed by atoms with Crippen molar-refractivity contribution in [2.45, 2.75) is 40.2 Å². The molecule has 1 heterocycles. The van der Waals surface area contributed by atoms with Crippen LogP contribution in [0.25, 0.3) is 0 Å². The maximum atomic E-state index is 12.2. The minimum atomic E-state index is -0.00558. The van der Waals surface area contributed by atoms with Gasteiger partial charge in [0.05, 0.1) is 18.8 Å². The second-order valence-corrected chi connectivity index (χ2v) is 6.53. The lowest BCUT2D eigenvalue weighted by atomic mass is 9.95. The van der Waals surface area contributed by atoms with E-state index in [-0.39, 0.29) is 11.9 Å². The summed E-state index contributed by atoms with van der Waals surface area (Å²) in [5.41, 5.74) is 3.03. The van der Waals surface area contributed by atoms with E-state index in [9.17, 15) is 4.79 Å². The molecule has 0 saturated carbocycles. The van der Waals surface area contributed by atoms with Crippen molar-refractivity contribution in [1.82, 2.24) is 9.55 Å². The molecule has 1 aromatic heterocycles. The van der Waals surface area contributed by atoms with Crippen LogP contribution in [0.3, 0.4) is 0 Å². The lowest BCUT2D eigenvalue weighted by molar-refractivity contribution is -0.115. The van der Waals surface area contributed by atoms with E-state index in [1.807, 2.05) is 68.8 Å². The molecule has 3 aromatic rings. The van der Waals surface area contributed by atoms with Crippen LogP contribution >= 0.6 is 0 Å². The highest BCUT2D eigenvalue weighted by Crippen LogP contribution is 2.27. The number of benzene rings is 2. The van der Waals surface area contributed by atoms with E-state index in [0.29, 0.717) is 12.3 Å². The van der Waals surface area contributed by atoms with Gasteiger partial charge in [0.2, 0.25) is 5.91 Å². The van der Waals surface area contributed by atoms with E-state index in [2.05, 4.69) is 40.8 Å². The van der Waals surface area contributed by atoms with Gasteiger partial charge in [-0.05, 0) is 29.2 Å². The summed E-state index contributed by atoms with van der Waals surface area (Å²) in [7, 11) is 0. The van der Waals surface area contributed by atoms with Crippen LogP contribution in [0.15, 0.2) is 73.3 Å². The number of aromatic nitrogens is 2. The molecule has 0 fully saturated rings. The number of hydrogen-bond acceptors (Lipinski definition) is 2. The van der Waals surface area contributed by atoms with Crippen LogP contribution in [-0.4, -0.2) is 15.5 Å². The summed E-state index contributed by atoms with van der Waals surface area (Å²) < 4.78 is 2.12. The lowest BCUT2D eigenvalue weighted by Crippen LogP contribution is -2.16. The van der Waals surface area contributed by atoms with Crippen LogP contribution in [-0.2, 0) is 11.2 Å². The summed E-state index contributed by atoms with van der Waals surface area (Å²) in [6, 6.07) is 18.1. The predicted molar refractivity (Wildman–Crippen MR) is 112 cm³/mol. The third-order valence-electron chi connectivity index (χ3n) is 4.22. The summed E-state index contributed by atoms with van der Waals surface area (Å²) in [4.78, 5) is 16.3. The predicted octanol–water partition coefficient (Wildman–Crippen LogP) is 5.34. The average molecular weight is 364 g/mol. The Morgan fingerprint density at radius 1 is 1.04 bits per heavy atom. The first-order chi connectivity index (χ1) is 13.1. The number of carbonyl (C=O) groups is 1. The molecule has 1 unspecified atom stereocenters. The molecule has 0 bridgehead atoms. The van der Waals surface area contributed by atoms with Gasteiger partial charge in [-0.3, -0.25) is 4.79 Å². The maximum Gasteiger partial charge on any atom is 0.228 e. The summed E-state index contributed by atoms with van der Waals surface area (Å²) in [5.74, 6) is 0.432. The molecule has 0 radical (unpaired) electrons. The highest BCUT2D eigenvalue weighted by atomic mass is 16.1. The molecule has 0 aliphatic heterocycles. The van der Waals surface area contributed by atoms with Crippen molar-refractivity contribution in [2.24, 2.45) is 5.92 Å². The Bertz CT molecular complexity index is 793. The molecule has 142 valence electrons. The molecule has 27 heavy (non-hydrogen) atoms. The van der Waals surface area contributed by atoms with Gasteiger partial charge in [0.1, 0.15) is 0 Å². The van der Waals surface area contributed by atoms with E-state index < -0.39 is 0 Å². The number of carbonyl (C=O) groups excluding carboxylic acids is 1. The van der Waals surface area contributed by atoms with Gasteiger partial charge in [0, 0.05) is 18.1 Å². The topological polar surface area (TPSA) is 46.9 Å². The molecule has 2 aromatic carbocycles. The van der Waals surface area contributed by atoms with Crippen LogP contribution in [0.5, 0.6) is 0 Å². The number of nitrogens with zero attached hydrogens (tertiary/aromatic N) is 2. The Balaban J connectivity index is 0.00000126. The zero-order chi connectivity index (χ0) is 19.6. The molecule has 3 rings (SSSR count). The Labute approximate surface area is 162 Å². The van der Waals surface area contributed by atoms with Crippen molar-refractivity contribution in [2.75, 3.05) is 5.32 Å². The smallest absolute Gasteiger partial charge is 0.228 e. The number of imidazole rings is 1. The van der Waals surface area contributed by atoms with Crippen LogP contribution < -0.4 is 5.32 Å². The van der Waals surface area contributed by atoms with Gasteiger partial charge in [-0.15, -0.1) is 0 Å². The third-order valence-corrected chi connectivity index (χ3v) is 4.22. The summed E-state index contributed by atoms with van der Waals surface area (Å²) in [6.07, 6.45) is 6.01. The van der Waals surface area contributed by atoms with Crippen molar-refractivity contribution < 1.29 is 4.79 Å². The largest absolute Gasteiger partial charge is 0.330 e. The number of hydrogen-bond donors (Lipinski definition) is 1. The normalized spacial score (nSPS) is 11.4.